The molecule has 4 nitrogen and oxygen atoms in total. The molecule has 0 aromatic heterocycles. The molecule has 0 radical (unpaired) electrons. The van der Waals surface area contributed by atoms with Gasteiger partial charge < -0.3 is 10.0 Å². The fourth-order valence-corrected chi connectivity index (χ4v) is 3.28. The minimum Gasteiger partial charge on any atom is -0.481 e. The van der Waals surface area contributed by atoms with Gasteiger partial charge in [-0.15, -0.1) is 12.4 Å². The van der Waals surface area contributed by atoms with E-state index in [2.05, 4.69) is 0 Å². The molecule has 2 fully saturated rings. The molecule has 1 aliphatic carbocycles. The van der Waals surface area contributed by atoms with E-state index in [1.807, 2.05) is 31.2 Å². The van der Waals surface area contributed by atoms with Crippen molar-refractivity contribution in [1.82, 2.24) is 4.90 Å². The van der Waals surface area contributed by atoms with Crippen LogP contribution in [0.25, 0.3) is 0 Å². The minimum atomic E-state index is -0.791. The highest BCUT2D eigenvalue weighted by molar-refractivity contribution is 5.92. The van der Waals surface area contributed by atoms with Crippen molar-refractivity contribution in [2.24, 2.45) is 5.92 Å². The summed E-state index contributed by atoms with van der Waals surface area (Å²) in [4.78, 5) is 25.6. The lowest BCUT2D eigenvalue weighted by atomic mass is 9.90. The Kier molecular flexibility index (Phi) is 4.28. The zero-order valence-electron chi connectivity index (χ0n) is 12.0. The summed E-state index contributed by atoms with van der Waals surface area (Å²) in [7, 11) is 0. The third kappa shape index (κ3) is 2.64. The Balaban J connectivity index is 0.00000161. The van der Waals surface area contributed by atoms with Gasteiger partial charge >= 0.3 is 5.97 Å². The van der Waals surface area contributed by atoms with Gasteiger partial charge in [-0.2, -0.15) is 0 Å². The van der Waals surface area contributed by atoms with Crippen LogP contribution in [0.15, 0.2) is 24.3 Å². The number of amides is 1. The number of nitrogens with zero attached hydrogens (tertiary/aromatic N) is 1. The summed E-state index contributed by atoms with van der Waals surface area (Å²) in [6.45, 7) is 2.97. The number of aryl methyl sites for hydroxylation is 1. The molecular formula is C16H20ClNO3. The highest BCUT2D eigenvalue weighted by Gasteiger charge is 2.54. The highest BCUT2D eigenvalue weighted by atomic mass is 35.5. The maximum absolute atomic E-state index is 12.8. The molecule has 2 aliphatic rings. The molecule has 1 N–H and O–H groups in total. The van der Waals surface area contributed by atoms with Crippen molar-refractivity contribution in [2.75, 3.05) is 13.1 Å². The number of hydrogen-bond donors (Lipinski definition) is 1. The van der Waals surface area contributed by atoms with Gasteiger partial charge in [0, 0.05) is 13.1 Å². The fraction of sp³-hybridized carbons (Fsp3) is 0.500. The Hall–Kier alpha value is -1.55. The lowest BCUT2D eigenvalue weighted by Gasteiger charge is -2.24. The van der Waals surface area contributed by atoms with Gasteiger partial charge in [-0.3, -0.25) is 9.59 Å². The third-order valence-electron chi connectivity index (χ3n) is 4.64. The number of aliphatic carboxylic acids is 1. The first-order chi connectivity index (χ1) is 9.54. The van der Waals surface area contributed by atoms with Gasteiger partial charge in [0.2, 0.25) is 5.91 Å². The molecule has 1 amide bonds. The van der Waals surface area contributed by atoms with Crippen molar-refractivity contribution in [3.05, 3.63) is 35.4 Å². The summed E-state index contributed by atoms with van der Waals surface area (Å²) in [5.74, 6) is -1.07. The zero-order valence-corrected chi connectivity index (χ0v) is 12.9. The standard InChI is InChI=1S/C16H19NO3.ClH/c1-11-4-2-3-5-13(11)16(7-8-16)15(20)17-9-6-12(10-17)14(18)19;/h2-5,12H,6-10H2,1H3,(H,18,19);1H. The Morgan fingerprint density at radius 3 is 2.48 bits per heavy atom. The predicted octanol–water partition coefficient (Wildman–Crippen LogP) is 2.38. The molecular weight excluding hydrogens is 290 g/mol. The molecule has 1 aromatic rings. The summed E-state index contributed by atoms with van der Waals surface area (Å²) in [6.07, 6.45) is 2.33. The molecule has 1 aliphatic heterocycles. The molecule has 5 heteroatoms. The number of hydrogen-bond acceptors (Lipinski definition) is 2. The Bertz CT molecular complexity index is 568. The maximum atomic E-state index is 12.8. The Morgan fingerprint density at radius 1 is 1.29 bits per heavy atom. The number of rotatable bonds is 3. The number of carbonyl (C=O) groups is 2. The minimum absolute atomic E-state index is 0. The second kappa shape index (κ2) is 5.68. The van der Waals surface area contributed by atoms with Crippen molar-refractivity contribution in [1.29, 1.82) is 0 Å². The van der Waals surface area contributed by atoms with Crippen LogP contribution in [0.2, 0.25) is 0 Å². The first-order valence-electron chi connectivity index (χ1n) is 7.13. The van der Waals surface area contributed by atoms with E-state index in [4.69, 9.17) is 5.11 Å². The highest BCUT2D eigenvalue weighted by Crippen LogP contribution is 2.51. The summed E-state index contributed by atoms with van der Waals surface area (Å²) >= 11 is 0. The number of carbonyl (C=O) groups excluding carboxylic acids is 1. The largest absolute Gasteiger partial charge is 0.481 e. The van der Waals surface area contributed by atoms with E-state index in [9.17, 15) is 9.59 Å². The van der Waals surface area contributed by atoms with Gasteiger partial charge in [0.25, 0.3) is 0 Å². The van der Waals surface area contributed by atoms with Crippen LogP contribution in [-0.2, 0) is 15.0 Å². The SMILES string of the molecule is Cc1ccccc1C1(C(=O)N2CCC(C(=O)O)C2)CC1.Cl. The van der Waals surface area contributed by atoms with Crippen molar-refractivity contribution < 1.29 is 14.7 Å². The normalized spacial score (nSPS) is 22.5. The molecule has 0 bridgehead atoms. The molecule has 114 valence electrons. The second-order valence-corrected chi connectivity index (χ2v) is 5.97. The number of halogens is 1. The van der Waals surface area contributed by atoms with Crippen molar-refractivity contribution in [3.63, 3.8) is 0 Å². The average molecular weight is 310 g/mol. The van der Waals surface area contributed by atoms with Crippen molar-refractivity contribution in [2.45, 2.75) is 31.6 Å². The molecule has 1 saturated heterocycles. The van der Waals surface area contributed by atoms with Crippen LogP contribution in [0.4, 0.5) is 0 Å². The molecule has 1 unspecified atom stereocenters. The van der Waals surface area contributed by atoms with E-state index in [1.165, 1.54) is 0 Å². The van der Waals surface area contributed by atoms with Gasteiger partial charge in [-0.05, 0) is 37.3 Å². The van der Waals surface area contributed by atoms with Gasteiger partial charge in [-0.1, -0.05) is 24.3 Å². The molecule has 1 heterocycles. The van der Waals surface area contributed by atoms with Crippen LogP contribution in [0.5, 0.6) is 0 Å². The van der Waals surface area contributed by atoms with E-state index >= 15 is 0 Å². The first-order valence-corrected chi connectivity index (χ1v) is 7.13. The summed E-state index contributed by atoms with van der Waals surface area (Å²) in [5, 5.41) is 9.05. The van der Waals surface area contributed by atoms with Gasteiger partial charge in [0.1, 0.15) is 0 Å². The smallest absolute Gasteiger partial charge is 0.308 e. The molecule has 1 atom stereocenters. The number of carboxylic acid groups (broad SMARTS) is 1. The molecule has 21 heavy (non-hydrogen) atoms. The molecule has 0 spiro atoms. The summed E-state index contributed by atoms with van der Waals surface area (Å²) in [5.41, 5.74) is 1.88. The third-order valence-corrected chi connectivity index (χ3v) is 4.64. The van der Waals surface area contributed by atoms with Crippen LogP contribution in [0.3, 0.4) is 0 Å². The van der Waals surface area contributed by atoms with Crippen LogP contribution < -0.4 is 0 Å². The van der Waals surface area contributed by atoms with Crippen LogP contribution in [0, 0.1) is 12.8 Å². The summed E-state index contributed by atoms with van der Waals surface area (Å²) in [6, 6.07) is 8.02. The topological polar surface area (TPSA) is 57.6 Å². The van der Waals surface area contributed by atoms with E-state index in [-0.39, 0.29) is 23.7 Å². The first kappa shape index (κ1) is 15.8. The fourth-order valence-electron chi connectivity index (χ4n) is 3.28. The van der Waals surface area contributed by atoms with Crippen LogP contribution >= 0.6 is 12.4 Å². The summed E-state index contributed by atoms with van der Waals surface area (Å²) < 4.78 is 0. The monoisotopic (exact) mass is 309 g/mol. The van der Waals surface area contributed by atoms with Gasteiger partial charge in [0.15, 0.2) is 0 Å². The van der Waals surface area contributed by atoms with Crippen molar-refractivity contribution in [3.8, 4) is 0 Å². The molecule has 3 rings (SSSR count). The molecule has 1 saturated carbocycles. The Labute approximate surface area is 130 Å². The van der Waals surface area contributed by atoms with Gasteiger partial charge in [0.05, 0.1) is 11.3 Å². The lowest BCUT2D eigenvalue weighted by Crippen LogP contribution is -2.38. The van der Waals surface area contributed by atoms with Crippen LogP contribution in [-0.4, -0.2) is 35.0 Å². The lowest BCUT2D eigenvalue weighted by molar-refractivity contribution is -0.141. The van der Waals surface area contributed by atoms with Crippen LogP contribution in [0.1, 0.15) is 30.4 Å². The quantitative estimate of drug-likeness (QED) is 0.932. The van der Waals surface area contributed by atoms with E-state index in [1.54, 1.807) is 4.90 Å². The number of carboxylic acids is 1. The second-order valence-electron chi connectivity index (χ2n) is 5.97. The van der Waals surface area contributed by atoms with E-state index < -0.39 is 11.9 Å². The zero-order chi connectivity index (χ0) is 14.3. The molecule has 1 aromatic carbocycles. The average Bonchev–Trinajstić information content (AvgIpc) is 3.07. The maximum Gasteiger partial charge on any atom is 0.308 e. The van der Waals surface area contributed by atoms with E-state index in [0.29, 0.717) is 19.5 Å². The Morgan fingerprint density at radius 2 is 1.95 bits per heavy atom. The number of likely N-dealkylation sites (tertiary alicyclic amines) is 1. The van der Waals surface area contributed by atoms with E-state index in [0.717, 1.165) is 24.0 Å². The predicted molar refractivity (Wildman–Crippen MR) is 81.7 cm³/mol. The van der Waals surface area contributed by atoms with Gasteiger partial charge in [-0.25, -0.2) is 0 Å². The van der Waals surface area contributed by atoms with Crippen molar-refractivity contribution >= 4 is 24.3 Å². The number of benzene rings is 1.